The molecule has 2 heterocycles. The van der Waals surface area contributed by atoms with Gasteiger partial charge < -0.3 is 20.3 Å². The van der Waals surface area contributed by atoms with E-state index >= 15 is 0 Å². The van der Waals surface area contributed by atoms with E-state index in [1.54, 1.807) is 18.1 Å². The molecule has 0 saturated carbocycles. The van der Waals surface area contributed by atoms with Crippen LogP contribution >= 0.6 is 0 Å². The summed E-state index contributed by atoms with van der Waals surface area (Å²) in [4.78, 5) is 26.4. The van der Waals surface area contributed by atoms with Crippen LogP contribution in [-0.2, 0) is 9.59 Å². The summed E-state index contributed by atoms with van der Waals surface area (Å²) in [6.45, 7) is 3.62. The van der Waals surface area contributed by atoms with Gasteiger partial charge in [0, 0.05) is 24.7 Å². The highest BCUT2D eigenvalue weighted by Gasteiger charge is 2.39. The summed E-state index contributed by atoms with van der Waals surface area (Å²) in [5.74, 6) is 0.715. The van der Waals surface area contributed by atoms with Crippen LogP contribution in [-0.4, -0.2) is 37.6 Å². The molecule has 130 valence electrons. The van der Waals surface area contributed by atoms with Crippen molar-refractivity contribution in [3.8, 4) is 5.75 Å². The maximum atomic E-state index is 12.7. The molecule has 3 rings (SSSR count). The average molecular weight is 331 g/mol. The second-order valence-electron chi connectivity index (χ2n) is 6.46. The lowest BCUT2D eigenvalue weighted by molar-refractivity contribution is -0.122. The fraction of sp³-hybridized carbons (Fsp3) is 0.556. The summed E-state index contributed by atoms with van der Waals surface area (Å²) < 4.78 is 5.44. The molecule has 2 saturated heterocycles. The third-order valence-corrected chi connectivity index (χ3v) is 5.08. The molecule has 0 spiro atoms. The lowest BCUT2D eigenvalue weighted by atomic mass is 9.93. The highest BCUT2D eigenvalue weighted by Crippen LogP contribution is 2.34. The number of ether oxygens (including phenoxy) is 1. The van der Waals surface area contributed by atoms with Crippen LogP contribution in [0.15, 0.2) is 18.2 Å². The zero-order valence-electron chi connectivity index (χ0n) is 14.4. The number of hydrogen-bond acceptors (Lipinski definition) is 4. The van der Waals surface area contributed by atoms with Gasteiger partial charge in [-0.15, -0.1) is 0 Å². The highest BCUT2D eigenvalue weighted by molar-refractivity contribution is 6.00. The van der Waals surface area contributed by atoms with Crippen molar-refractivity contribution in [1.82, 2.24) is 5.32 Å². The molecule has 6 heteroatoms. The molecule has 0 bridgehead atoms. The number of amides is 2. The molecule has 6 nitrogen and oxygen atoms in total. The van der Waals surface area contributed by atoms with Crippen molar-refractivity contribution in [2.24, 2.45) is 0 Å². The molecule has 1 aromatic carbocycles. The Kier molecular flexibility index (Phi) is 4.76. The smallest absolute Gasteiger partial charge is 0.244 e. The maximum absolute atomic E-state index is 12.7. The van der Waals surface area contributed by atoms with Crippen LogP contribution in [0.2, 0.25) is 0 Å². The van der Waals surface area contributed by atoms with Crippen LogP contribution in [0.25, 0.3) is 0 Å². The van der Waals surface area contributed by atoms with Gasteiger partial charge in [0.05, 0.1) is 18.3 Å². The predicted molar refractivity (Wildman–Crippen MR) is 93.5 cm³/mol. The minimum atomic E-state index is -0.475. The Morgan fingerprint density at radius 3 is 2.83 bits per heavy atom. The van der Waals surface area contributed by atoms with Crippen molar-refractivity contribution in [1.29, 1.82) is 0 Å². The maximum Gasteiger partial charge on any atom is 0.244 e. The van der Waals surface area contributed by atoms with Gasteiger partial charge in [0.2, 0.25) is 11.8 Å². The molecular formula is C18H25N3O3. The van der Waals surface area contributed by atoms with E-state index in [1.165, 1.54) is 0 Å². The first-order valence-corrected chi connectivity index (χ1v) is 8.64. The van der Waals surface area contributed by atoms with Crippen LogP contribution in [0.5, 0.6) is 5.75 Å². The number of rotatable bonds is 5. The Balaban J connectivity index is 1.79. The van der Waals surface area contributed by atoms with Crippen molar-refractivity contribution in [2.75, 3.05) is 30.4 Å². The first-order valence-electron chi connectivity index (χ1n) is 8.64. The van der Waals surface area contributed by atoms with Gasteiger partial charge in [-0.05, 0) is 44.4 Å². The largest absolute Gasteiger partial charge is 0.494 e. The first kappa shape index (κ1) is 16.8. The Morgan fingerprint density at radius 2 is 2.25 bits per heavy atom. The molecule has 1 aromatic rings. The molecule has 0 radical (unpaired) electrons. The van der Waals surface area contributed by atoms with Crippen molar-refractivity contribution >= 4 is 23.2 Å². The third-order valence-electron chi connectivity index (χ3n) is 5.08. The Hall–Kier alpha value is -2.08. The molecule has 2 aliphatic rings. The normalized spacial score (nSPS) is 23.6. The summed E-state index contributed by atoms with van der Waals surface area (Å²) in [6, 6.07) is 5.47. The second-order valence-corrected chi connectivity index (χ2v) is 6.46. The van der Waals surface area contributed by atoms with Crippen LogP contribution in [0.3, 0.4) is 0 Å². The monoisotopic (exact) mass is 331 g/mol. The molecule has 0 aliphatic carbocycles. The number of carbonyl (C=O) groups is 2. The summed E-state index contributed by atoms with van der Waals surface area (Å²) in [5, 5.41) is 6.33. The van der Waals surface area contributed by atoms with Gasteiger partial charge >= 0.3 is 0 Å². The molecule has 1 unspecified atom stereocenters. The summed E-state index contributed by atoms with van der Waals surface area (Å²) >= 11 is 0. The van der Waals surface area contributed by atoms with Gasteiger partial charge in [-0.3, -0.25) is 9.59 Å². The van der Waals surface area contributed by atoms with E-state index < -0.39 is 5.54 Å². The lowest BCUT2D eigenvalue weighted by Gasteiger charge is -2.27. The average Bonchev–Trinajstić information content (AvgIpc) is 3.24. The zero-order chi connectivity index (χ0) is 17.2. The van der Waals surface area contributed by atoms with Crippen molar-refractivity contribution in [3.63, 3.8) is 0 Å². The van der Waals surface area contributed by atoms with Gasteiger partial charge in [-0.1, -0.05) is 6.92 Å². The van der Waals surface area contributed by atoms with Crippen molar-refractivity contribution in [3.05, 3.63) is 18.2 Å². The first-order chi connectivity index (χ1) is 11.6. The zero-order valence-corrected chi connectivity index (χ0v) is 14.4. The van der Waals surface area contributed by atoms with E-state index in [2.05, 4.69) is 10.6 Å². The van der Waals surface area contributed by atoms with Crippen LogP contribution in [0.1, 0.15) is 39.0 Å². The standard InChI is InChI=1S/C18H25N3O3/c1-3-18(9-5-10-19-18)17(23)20-13-7-8-14(15(12-13)24-2)21-11-4-6-16(21)22/h7-8,12,19H,3-6,9-11H2,1-2H3,(H,20,23). The summed E-state index contributed by atoms with van der Waals surface area (Å²) in [6.07, 6.45) is 4.07. The number of hydrogen-bond donors (Lipinski definition) is 2. The lowest BCUT2D eigenvalue weighted by Crippen LogP contribution is -2.50. The second kappa shape index (κ2) is 6.81. The number of carbonyl (C=O) groups excluding carboxylic acids is 2. The van der Waals surface area contributed by atoms with E-state index in [1.807, 2.05) is 19.1 Å². The number of anilines is 2. The van der Waals surface area contributed by atoms with Crippen LogP contribution in [0.4, 0.5) is 11.4 Å². The van der Waals surface area contributed by atoms with E-state index in [4.69, 9.17) is 4.74 Å². The van der Waals surface area contributed by atoms with Crippen molar-refractivity contribution < 1.29 is 14.3 Å². The van der Waals surface area contributed by atoms with E-state index in [0.29, 0.717) is 24.4 Å². The number of nitrogens with zero attached hydrogens (tertiary/aromatic N) is 1. The quantitative estimate of drug-likeness (QED) is 0.868. The third kappa shape index (κ3) is 2.98. The van der Waals surface area contributed by atoms with Crippen molar-refractivity contribution in [2.45, 2.75) is 44.6 Å². The highest BCUT2D eigenvalue weighted by atomic mass is 16.5. The molecule has 0 aromatic heterocycles. The number of methoxy groups -OCH3 is 1. The molecule has 2 amide bonds. The Bertz CT molecular complexity index is 638. The SMILES string of the molecule is CCC1(C(=O)Nc2ccc(N3CCCC3=O)c(OC)c2)CCCN1. The Labute approximate surface area is 142 Å². The van der Waals surface area contributed by atoms with Gasteiger partial charge in [0.15, 0.2) is 0 Å². The fourth-order valence-electron chi connectivity index (χ4n) is 3.59. The molecule has 2 fully saturated rings. The minimum absolute atomic E-state index is 0.00504. The topological polar surface area (TPSA) is 70.7 Å². The fourth-order valence-corrected chi connectivity index (χ4v) is 3.59. The van der Waals surface area contributed by atoms with Crippen LogP contribution in [0, 0.1) is 0 Å². The molecule has 2 aliphatic heterocycles. The molecule has 2 N–H and O–H groups in total. The molecule has 24 heavy (non-hydrogen) atoms. The molecular weight excluding hydrogens is 306 g/mol. The van der Waals surface area contributed by atoms with Gasteiger partial charge in [0.1, 0.15) is 5.75 Å². The summed E-state index contributed by atoms with van der Waals surface area (Å²) in [5.41, 5.74) is 0.979. The minimum Gasteiger partial charge on any atom is -0.494 e. The number of benzene rings is 1. The van der Waals surface area contributed by atoms with E-state index in [9.17, 15) is 9.59 Å². The van der Waals surface area contributed by atoms with Gasteiger partial charge in [0.25, 0.3) is 0 Å². The summed E-state index contributed by atoms with van der Waals surface area (Å²) in [7, 11) is 1.58. The Morgan fingerprint density at radius 1 is 1.42 bits per heavy atom. The molecule has 1 atom stereocenters. The van der Waals surface area contributed by atoms with E-state index in [-0.39, 0.29) is 11.8 Å². The van der Waals surface area contributed by atoms with Gasteiger partial charge in [-0.2, -0.15) is 0 Å². The predicted octanol–water partition coefficient (Wildman–Crippen LogP) is 2.29. The van der Waals surface area contributed by atoms with Crippen LogP contribution < -0.4 is 20.3 Å². The van der Waals surface area contributed by atoms with E-state index in [0.717, 1.165) is 37.9 Å². The number of nitrogens with one attached hydrogen (secondary N) is 2. The van der Waals surface area contributed by atoms with Gasteiger partial charge in [-0.25, -0.2) is 0 Å².